The molecule has 0 saturated carbocycles. The standard InChI is InChI=1S/C10H12O/c1-2-3-4-6-9-7-5-8-10(9)11/h5,7,9H,2,6,8H2,1H3. The first-order valence-corrected chi connectivity index (χ1v) is 3.99. The lowest BCUT2D eigenvalue weighted by atomic mass is 10.0. The number of Topliss-reactive ketones (excluding diaryl/α,β-unsaturated/α-hetero) is 1. The normalized spacial score (nSPS) is 21.5. The van der Waals surface area contributed by atoms with E-state index >= 15 is 0 Å². The van der Waals surface area contributed by atoms with Crippen LogP contribution in [0.3, 0.4) is 0 Å². The summed E-state index contributed by atoms with van der Waals surface area (Å²) >= 11 is 0. The Kier molecular flexibility index (Phi) is 2.92. The molecule has 1 unspecified atom stereocenters. The summed E-state index contributed by atoms with van der Waals surface area (Å²) in [7, 11) is 0. The first-order valence-electron chi connectivity index (χ1n) is 3.99. The van der Waals surface area contributed by atoms with Gasteiger partial charge in [0.15, 0.2) is 0 Å². The lowest BCUT2D eigenvalue weighted by Gasteiger charge is -1.97. The third kappa shape index (κ3) is 2.23. The second-order valence-corrected chi connectivity index (χ2v) is 2.62. The highest BCUT2D eigenvalue weighted by Gasteiger charge is 2.16. The van der Waals surface area contributed by atoms with Crippen molar-refractivity contribution < 1.29 is 4.79 Å². The molecule has 11 heavy (non-hydrogen) atoms. The second-order valence-electron chi connectivity index (χ2n) is 2.62. The maximum absolute atomic E-state index is 11.0. The Morgan fingerprint density at radius 3 is 3.00 bits per heavy atom. The third-order valence-electron chi connectivity index (χ3n) is 1.72. The fraction of sp³-hybridized carbons (Fsp3) is 0.500. The van der Waals surface area contributed by atoms with Crippen molar-refractivity contribution in [1.29, 1.82) is 0 Å². The van der Waals surface area contributed by atoms with Gasteiger partial charge in [-0.15, -0.1) is 11.8 Å². The highest BCUT2D eigenvalue weighted by Crippen LogP contribution is 2.15. The van der Waals surface area contributed by atoms with Crippen molar-refractivity contribution in [2.24, 2.45) is 5.92 Å². The van der Waals surface area contributed by atoms with Crippen molar-refractivity contribution >= 4 is 5.78 Å². The third-order valence-corrected chi connectivity index (χ3v) is 1.72. The number of allylic oxidation sites excluding steroid dienone is 2. The summed E-state index contributed by atoms with van der Waals surface area (Å²) in [6.07, 6.45) is 6.10. The van der Waals surface area contributed by atoms with E-state index < -0.39 is 0 Å². The van der Waals surface area contributed by atoms with Crippen LogP contribution >= 0.6 is 0 Å². The first-order chi connectivity index (χ1) is 5.34. The lowest BCUT2D eigenvalue weighted by Crippen LogP contribution is -2.04. The van der Waals surface area contributed by atoms with Crippen molar-refractivity contribution in [2.75, 3.05) is 0 Å². The van der Waals surface area contributed by atoms with E-state index in [0.717, 1.165) is 6.42 Å². The molecule has 1 aliphatic rings. The smallest absolute Gasteiger partial charge is 0.144 e. The van der Waals surface area contributed by atoms with E-state index in [1.165, 1.54) is 0 Å². The van der Waals surface area contributed by atoms with Crippen LogP contribution in [0.5, 0.6) is 0 Å². The van der Waals surface area contributed by atoms with Gasteiger partial charge in [-0.25, -0.2) is 0 Å². The van der Waals surface area contributed by atoms with E-state index in [1.807, 2.05) is 19.1 Å². The van der Waals surface area contributed by atoms with Gasteiger partial charge in [0.05, 0.1) is 0 Å². The quantitative estimate of drug-likeness (QED) is 0.410. The zero-order valence-corrected chi connectivity index (χ0v) is 6.76. The summed E-state index contributed by atoms with van der Waals surface area (Å²) in [4.78, 5) is 11.0. The predicted molar refractivity (Wildman–Crippen MR) is 44.9 cm³/mol. The first kappa shape index (κ1) is 8.07. The molecule has 0 radical (unpaired) electrons. The molecule has 1 rings (SSSR count). The summed E-state index contributed by atoms with van der Waals surface area (Å²) in [6.45, 7) is 2.01. The van der Waals surface area contributed by atoms with Crippen LogP contribution in [-0.2, 0) is 4.79 Å². The average Bonchev–Trinajstić information content (AvgIpc) is 2.37. The molecule has 0 aliphatic heterocycles. The van der Waals surface area contributed by atoms with Gasteiger partial charge in [-0.3, -0.25) is 4.79 Å². The van der Waals surface area contributed by atoms with Gasteiger partial charge in [-0.05, 0) is 0 Å². The van der Waals surface area contributed by atoms with Crippen LogP contribution in [0.2, 0.25) is 0 Å². The molecule has 0 aromatic rings. The van der Waals surface area contributed by atoms with Crippen LogP contribution in [0.15, 0.2) is 12.2 Å². The Labute approximate surface area is 67.5 Å². The van der Waals surface area contributed by atoms with E-state index in [4.69, 9.17) is 0 Å². The van der Waals surface area contributed by atoms with E-state index in [2.05, 4.69) is 11.8 Å². The van der Waals surface area contributed by atoms with Gasteiger partial charge in [0.1, 0.15) is 5.78 Å². The Hall–Kier alpha value is -1.03. The minimum Gasteiger partial charge on any atom is -0.299 e. The summed E-state index contributed by atoms with van der Waals surface area (Å²) in [5.41, 5.74) is 0. The molecule has 1 aliphatic carbocycles. The van der Waals surface area contributed by atoms with Gasteiger partial charge in [0, 0.05) is 25.2 Å². The minimum atomic E-state index is 0.0917. The number of ketones is 1. The molecule has 1 heteroatoms. The molecule has 0 saturated heterocycles. The highest BCUT2D eigenvalue weighted by molar-refractivity contribution is 5.86. The van der Waals surface area contributed by atoms with Gasteiger partial charge in [0.2, 0.25) is 0 Å². The van der Waals surface area contributed by atoms with Crippen LogP contribution in [-0.4, -0.2) is 5.78 Å². The number of hydrogen-bond donors (Lipinski definition) is 0. The van der Waals surface area contributed by atoms with E-state index in [-0.39, 0.29) is 5.92 Å². The molecule has 0 amide bonds. The van der Waals surface area contributed by atoms with Crippen LogP contribution in [0.1, 0.15) is 26.2 Å². The van der Waals surface area contributed by atoms with E-state index in [1.54, 1.807) is 0 Å². The van der Waals surface area contributed by atoms with Gasteiger partial charge < -0.3 is 0 Å². The monoisotopic (exact) mass is 148 g/mol. The van der Waals surface area contributed by atoms with Crippen molar-refractivity contribution in [2.45, 2.75) is 26.2 Å². The van der Waals surface area contributed by atoms with Crippen molar-refractivity contribution in [3.63, 3.8) is 0 Å². The van der Waals surface area contributed by atoms with Crippen LogP contribution in [0.25, 0.3) is 0 Å². The van der Waals surface area contributed by atoms with Gasteiger partial charge in [-0.1, -0.05) is 19.1 Å². The van der Waals surface area contributed by atoms with Crippen LogP contribution < -0.4 is 0 Å². The molecular weight excluding hydrogens is 136 g/mol. The molecule has 0 bridgehead atoms. The highest BCUT2D eigenvalue weighted by atomic mass is 16.1. The minimum absolute atomic E-state index is 0.0917. The van der Waals surface area contributed by atoms with E-state index in [9.17, 15) is 4.79 Å². The molecule has 0 aromatic carbocycles. The second kappa shape index (κ2) is 3.98. The van der Waals surface area contributed by atoms with Gasteiger partial charge >= 0.3 is 0 Å². The maximum Gasteiger partial charge on any atom is 0.144 e. The van der Waals surface area contributed by atoms with Crippen LogP contribution in [0, 0.1) is 17.8 Å². The summed E-state index contributed by atoms with van der Waals surface area (Å²) in [6, 6.07) is 0. The Bertz CT molecular complexity index is 227. The molecular formula is C10H12O. The fourth-order valence-electron chi connectivity index (χ4n) is 1.10. The van der Waals surface area contributed by atoms with Crippen molar-refractivity contribution in [3.05, 3.63) is 12.2 Å². The van der Waals surface area contributed by atoms with Crippen LogP contribution in [0.4, 0.5) is 0 Å². The summed E-state index contributed by atoms with van der Waals surface area (Å²) in [5.74, 6) is 6.35. The largest absolute Gasteiger partial charge is 0.299 e. The molecule has 58 valence electrons. The van der Waals surface area contributed by atoms with Gasteiger partial charge in [0.25, 0.3) is 0 Å². The van der Waals surface area contributed by atoms with Crippen molar-refractivity contribution in [1.82, 2.24) is 0 Å². The topological polar surface area (TPSA) is 17.1 Å². The number of carbonyl (C=O) groups is 1. The molecule has 0 fully saturated rings. The summed E-state index contributed by atoms with van der Waals surface area (Å²) in [5, 5.41) is 0. The Morgan fingerprint density at radius 1 is 1.64 bits per heavy atom. The van der Waals surface area contributed by atoms with Gasteiger partial charge in [-0.2, -0.15) is 0 Å². The Morgan fingerprint density at radius 2 is 2.45 bits per heavy atom. The maximum atomic E-state index is 11.0. The fourth-order valence-corrected chi connectivity index (χ4v) is 1.10. The zero-order chi connectivity index (χ0) is 8.10. The molecule has 0 heterocycles. The van der Waals surface area contributed by atoms with Crippen molar-refractivity contribution in [3.8, 4) is 11.8 Å². The predicted octanol–water partition coefficient (Wildman–Crippen LogP) is 1.94. The SMILES string of the molecule is CCC#CCC1C=CCC1=O. The average molecular weight is 148 g/mol. The molecule has 0 spiro atoms. The number of carbonyl (C=O) groups excluding carboxylic acids is 1. The number of hydrogen-bond acceptors (Lipinski definition) is 1. The zero-order valence-electron chi connectivity index (χ0n) is 6.76. The molecule has 0 aromatic heterocycles. The Balaban J connectivity index is 2.37. The van der Waals surface area contributed by atoms with E-state index in [0.29, 0.717) is 18.6 Å². The molecule has 0 N–H and O–H groups in total. The molecule has 1 atom stereocenters. The number of rotatable bonds is 1. The molecule has 1 nitrogen and oxygen atoms in total. The lowest BCUT2D eigenvalue weighted by molar-refractivity contribution is -0.119. The summed E-state index contributed by atoms with van der Waals surface area (Å²) < 4.78 is 0.